The zero-order valence-corrected chi connectivity index (χ0v) is 13.6. The smallest absolute Gasteiger partial charge is 0.264 e. The van der Waals surface area contributed by atoms with Crippen molar-refractivity contribution in [1.82, 2.24) is 0 Å². The number of hydrogen-bond acceptors (Lipinski definition) is 4. The van der Waals surface area contributed by atoms with Crippen LogP contribution in [-0.2, 0) is 21.2 Å². The predicted octanol–water partition coefficient (Wildman–Crippen LogP) is 2.29. The largest absolute Gasteiger partial charge is 0.325 e. The van der Waals surface area contributed by atoms with Crippen molar-refractivity contribution in [2.75, 3.05) is 16.2 Å². The molecule has 1 aliphatic heterocycles. The summed E-state index contributed by atoms with van der Waals surface area (Å²) in [5.74, 6) is -0.429. The van der Waals surface area contributed by atoms with Gasteiger partial charge in [0.15, 0.2) is 0 Å². The molecule has 0 saturated heterocycles. The third-order valence-corrected chi connectivity index (χ3v) is 5.64. The van der Waals surface area contributed by atoms with Crippen molar-refractivity contribution in [2.45, 2.75) is 17.7 Å². The topological polar surface area (TPSA) is 90.3 Å². The van der Waals surface area contributed by atoms with E-state index in [1.807, 2.05) is 18.2 Å². The molecule has 7 heteroatoms. The molecule has 1 heterocycles. The van der Waals surface area contributed by atoms with E-state index in [2.05, 4.69) is 5.32 Å². The highest BCUT2D eigenvalue weighted by Crippen LogP contribution is 2.32. The van der Waals surface area contributed by atoms with E-state index in [0.29, 0.717) is 24.3 Å². The van der Waals surface area contributed by atoms with Crippen molar-refractivity contribution in [3.05, 3.63) is 54.1 Å². The standard InChI is InChI=1S/C17H15N3O3S/c18-11-9-17(21)19-14-5-7-15(8-6-14)24(22,23)20-12-10-13-3-1-2-4-16(13)20/h1-8H,9-10,12H2,(H,19,21). The first kappa shape index (κ1) is 16.0. The van der Waals surface area contributed by atoms with Gasteiger partial charge in [-0.3, -0.25) is 9.10 Å². The molecule has 2 aromatic rings. The van der Waals surface area contributed by atoms with Gasteiger partial charge in [-0.15, -0.1) is 0 Å². The van der Waals surface area contributed by atoms with Crippen LogP contribution in [0.15, 0.2) is 53.4 Å². The lowest BCUT2D eigenvalue weighted by Crippen LogP contribution is -2.29. The minimum atomic E-state index is -3.64. The number of nitrogens with zero attached hydrogens (tertiary/aromatic N) is 2. The Morgan fingerprint density at radius 1 is 1.17 bits per heavy atom. The normalized spacial score (nSPS) is 13.2. The Bertz CT molecular complexity index is 915. The Kier molecular flexibility index (Phi) is 4.23. The molecule has 3 rings (SSSR count). The highest BCUT2D eigenvalue weighted by atomic mass is 32.2. The fourth-order valence-corrected chi connectivity index (χ4v) is 4.18. The number of fused-ring (bicyclic) bond motifs is 1. The summed E-state index contributed by atoms with van der Waals surface area (Å²) in [6.45, 7) is 0.419. The number of amides is 1. The van der Waals surface area contributed by atoms with Gasteiger partial charge in [0.1, 0.15) is 6.42 Å². The molecule has 0 spiro atoms. The third kappa shape index (κ3) is 2.96. The van der Waals surface area contributed by atoms with Gasteiger partial charge in [-0.05, 0) is 42.3 Å². The molecule has 0 fully saturated rings. The van der Waals surface area contributed by atoms with E-state index in [0.717, 1.165) is 5.56 Å². The summed E-state index contributed by atoms with van der Waals surface area (Å²) in [6.07, 6.45) is 0.447. The maximum atomic E-state index is 12.8. The number of anilines is 2. The predicted molar refractivity (Wildman–Crippen MR) is 90.0 cm³/mol. The van der Waals surface area contributed by atoms with Gasteiger partial charge in [-0.1, -0.05) is 18.2 Å². The Labute approximate surface area is 140 Å². The molecule has 1 N–H and O–H groups in total. The lowest BCUT2D eigenvalue weighted by Gasteiger charge is -2.19. The number of sulfonamides is 1. The molecule has 0 radical (unpaired) electrons. The van der Waals surface area contributed by atoms with E-state index in [1.165, 1.54) is 28.6 Å². The van der Waals surface area contributed by atoms with E-state index in [1.54, 1.807) is 12.1 Å². The molecule has 0 saturated carbocycles. The molecule has 1 aliphatic rings. The number of carbonyl (C=O) groups excluding carboxylic acids is 1. The maximum Gasteiger partial charge on any atom is 0.264 e. The summed E-state index contributed by atoms with van der Waals surface area (Å²) in [6, 6.07) is 15.2. The molecular weight excluding hydrogens is 326 g/mol. The van der Waals surface area contributed by atoms with Gasteiger partial charge in [-0.25, -0.2) is 8.42 Å². The van der Waals surface area contributed by atoms with Crippen LogP contribution in [0.1, 0.15) is 12.0 Å². The van der Waals surface area contributed by atoms with E-state index < -0.39 is 15.9 Å². The van der Waals surface area contributed by atoms with Crippen LogP contribution >= 0.6 is 0 Å². The first-order chi connectivity index (χ1) is 11.5. The molecule has 0 aromatic heterocycles. The number of nitriles is 1. The second-order valence-corrected chi connectivity index (χ2v) is 7.23. The summed E-state index contributed by atoms with van der Waals surface area (Å²) in [5, 5.41) is 11.0. The highest BCUT2D eigenvalue weighted by Gasteiger charge is 2.30. The fraction of sp³-hybridized carbons (Fsp3) is 0.176. The van der Waals surface area contributed by atoms with E-state index in [9.17, 15) is 13.2 Å². The van der Waals surface area contributed by atoms with Crippen molar-refractivity contribution in [2.24, 2.45) is 0 Å². The number of para-hydroxylation sites is 1. The molecule has 1 amide bonds. The van der Waals surface area contributed by atoms with Crippen LogP contribution in [0, 0.1) is 11.3 Å². The van der Waals surface area contributed by atoms with E-state index >= 15 is 0 Å². The maximum absolute atomic E-state index is 12.8. The average Bonchev–Trinajstić information content (AvgIpc) is 3.00. The fourth-order valence-electron chi connectivity index (χ4n) is 2.67. The van der Waals surface area contributed by atoms with Crippen molar-refractivity contribution in [3.63, 3.8) is 0 Å². The number of carbonyl (C=O) groups is 1. The molecule has 122 valence electrons. The first-order valence-electron chi connectivity index (χ1n) is 7.40. The van der Waals surface area contributed by atoms with Crippen molar-refractivity contribution >= 4 is 27.3 Å². The van der Waals surface area contributed by atoms with Crippen LogP contribution in [0.4, 0.5) is 11.4 Å². The number of rotatable bonds is 4. The van der Waals surface area contributed by atoms with Gasteiger partial charge in [0.25, 0.3) is 10.0 Å². The molecular formula is C17H15N3O3S. The highest BCUT2D eigenvalue weighted by molar-refractivity contribution is 7.92. The van der Waals surface area contributed by atoms with Gasteiger partial charge in [0.05, 0.1) is 16.7 Å². The van der Waals surface area contributed by atoms with E-state index in [4.69, 9.17) is 5.26 Å². The SMILES string of the molecule is N#CCC(=O)Nc1ccc(S(=O)(=O)N2CCc3ccccc32)cc1. The summed E-state index contributed by atoms with van der Waals surface area (Å²) in [4.78, 5) is 11.5. The lowest BCUT2D eigenvalue weighted by molar-refractivity contribution is -0.115. The number of benzene rings is 2. The summed E-state index contributed by atoms with van der Waals surface area (Å²) < 4.78 is 27.1. The van der Waals surface area contributed by atoms with Gasteiger partial charge in [0.2, 0.25) is 5.91 Å². The van der Waals surface area contributed by atoms with Crippen LogP contribution in [0.5, 0.6) is 0 Å². The summed E-state index contributed by atoms with van der Waals surface area (Å²) in [7, 11) is -3.64. The van der Waals surface area contributed by atoms with Gasteiger partial charge >= 0.3 is 0 Å². The molecule has 2 aromatic carbocycles. The van der Waals surface area contributed by atoms with Crippen LogP contribution in [0.3, 0.4) is 0 Å². The van der Waals surface area contributed by atoms with Crippen LogP contribution < -0.4 is 9.62 Å². The lowest BCUT2D eigenvalue weighted by atomic mass is 10.2. The average molecular weight is 341 g/mol. The minimum absolute atomic E-state index is 0.164. The number of hydrogen-bond donors (Lipinski definition) is 1. The van der Waals surface area contributed by atoms with Crippen LogP contribution in [-0.4, -0.2) is 20.9 Å². The second-order valence-electron chi connectivity index (χ2n) is 5.36. The Morgan fingerprint density at radius 3 is 2.58 bits per heavy atom. The van der Waals surface area contributed by atoms with E-state index in [-0.39, 0.29) is 11.3 Å². The summed E-state index contributed by atoms with van der Waals surface area (Å²) >= 11 is 0. The monoisotopic (exact) mass is 341 g/mol. The Morgan fingerprint density at radius 2 is 1.88 bits per heavy atom. The first-order valence-corrected chi connectivity index (χ1v) is 8.84. The number of nitrogens with one attached hydrogen (secondary N) is 1. The zero-order valence-electron chi connectivity index (χ0n) is 12.8. The Balaban J connectivity index is 1.84. The molecule has 0 unspecified atom stereocenters. The molecule has 6 nitrogen and oxygen atoms in total. The summed E-state index contributed by atoms with van der Waals surface area (Å²) in [5.41, 5.74) is 2.18. The van der Waals surface area contributed by atoms with Gasteiger partial charge in [0, 0.05) is 12.2 Å². The third-order valence-electron chi connectivity index (χ3n) is 3.81. The van der Waals surface area contributed by atoms with Gasteiger partial charge < -0.3 is 5.32 Å². The van der Waals surface area contributed by atoms with Crippen molar-refractivity contribution < 1.29 is 13.2 Å². The second kappa shape index (κ2) is 6.34. The van der Waals surface area contributed by atoms with Crippen molar-refractivity contribution in [1.29, 1.82) is 5.26 Å². The molecule has 0 aliphatic carbocycles. The van der Waals surface area contributed by atoms with Crippen LogP contribution in [0.2, 0.25) is 0 Å². The Hall–Kier alpha value is -2.85. The van der Waals surface area contributed by atoms with Crippen molar-refractivity contribution in [3.8, 4) is 6.07 Å². The zero-order chi connectivity index (χ0) is 17.2. The molecule has 24 heavy (non-hydrogen) atoms. The quantitative estimate of drug-likeness (QED) is 0.924. The van der Waals surface area contributed by atoms with Gasteiger partial charge in [-0.2, -0.15) is 5.26 Å². The molecule has 0 atom stereocenters. The minimum Gasteiger partial charge on any atom is -0.325 e. The van der Waals surface area contributed by atoms with Crippen LogP contribution in [0.25, 0.3) is 0 Å². The molecule has 0 bridgehead atoms.